The van der Waals surface area contributed by atoms with E-state index in [1.54, 1.807) is 22.7 Å². The van der Waals surface area contributed by atoms with Crippen LogP contribution >= 0.6 is 46.7 Å². The number of hydrogen-bond acceptors (Lipinski definition) is 5. The van der Waals surface area contributed by atoms with Crippen LogP contribution < -0.4 is 10.6 Å². The highest BCUT2D eigenvalue weighted by molar-refractivity contribution is 14.0. The number of halogens is 1. The van der Waals surface area contributed by atoms with Crippen molar-refractivity contribution in [3.63, 3.8) is 0 Å². The van der Waals surface area contributed by atoms with Crippen LogP contribution in [0.2, 0.25) is 0 Å². The Morgan fingerprint density at radius 1 is 0.957 bits per heavy atom. The first kappa shape index (κ1) is 20.3. The third kappa shape index (κ3) is 6.00. The molecule has 0 radical (unpaired) electrons. The van der Waals surface area contributed by atoms with Crippen LogP contribution in [0.5, 0.6) is 0 Å². The van der Waals surface area contributed by atoms with Crippen LogP contribution in [0, 0.1) is 27.7 Å². The van der Waals surface area contributed by atoms with Gasteiger partial charge in [0, 0.05) is 16.3 Å². The van der Waals surface area contributed by atoms with Crippen LogP contribution in [0.3, 0.4) is 0 Å². The van der Waals surface area contributed by atoms with Crippen molar-refractivity contribution in [2.75, 3.05) is 6.54 Å². The molecular weight excluding hydrogens is 441 g/mol. The van der Waals surface area contributed by atoms with Gasteiger partial charge in [-0.05, 0) is 34.6 Å². The molecule has 0 aromatic carbocycles. The van der Waals surface area contributed by atoms with Gasteiger partial charge in [0.05, 0.1) is 34.5 Å². The first-order valence-electron chi connectivity index (χ1n) is 7.37. The molecule has 0 amide bonds. The molecule has 0 fully saturated rings. The summed E-state index contributed by atoms with van der Waals surface area (Å²) in [6.07, 6.45) is 0. The quantitative estimate of drug-likeness (QED) is 0.402. The molecule has 0 saturated carbocycles. The third-order valence-corrected chi connectivity index (χ3v) is 5.27. The number of hydrogen-bond donors (Lipinski definition) is 2. The summed E-state index contributed by atoms with van der Waals surface area (Å²) < 4.78 is 0. The Morgan fingerprint density at radius 3 is 2.00 bits per heavy atom. The summed E-state index contributed by atoms with van der Waals surface area (Å²) in [7, 11) is 0. The van der Waals surface area contributed by atoms with E-state index < -0.39 is 0 Å². The molecule has 128 valence electrons. The molecule has 0 saturated heterocycles. The molecule has 0 aliphatic carbocycles. The van der Waals surface area contributed by atoms with Gasteiger partial charge in [-0.15, -0.1) is 46.7 Å². The lowest BCUT2D eigenvalue weighted by Crippen LogP contribution is -2.36. The number of rotatable bonds is 5. The molecule has 2 aromatic rings. The van der Waals surface area contributed by atoms with Crippen molar-refractivity contribution in [3.05, 3.63) is 31.2 Å². The molecule has 0 aliphatic rings. The number of aryl methyl sites for hydroxylation is 4. The third-order valence-electron chi connectivity index (χ3n) is 3.14. The van der Waals surface area contributed by atoms with E-state index in [1.165, 1.54) is 9.75 Å². The van der Waals surface area contributed by atoms with Crippen LogP contribution in [-0.4, -0.2) is 22.5 Å². The van der Waals surface area contributed by atoms with Crippen molar-refractivity contribution in [2.45, 2.75) is 47.7 Å². The van der Waals surface area contributed by atoms with Gasteiger partial charge in [-0.3, -0.25) is 0 Å². The zero-order valence-electron chi connectivity index (χ0n) is 14.2. The lowest BCUT2D eigenvalue weighted by Gasteiger charge is -2.10. The van der Waals surface area contributed by atoms with Gasteiger partial charge in [0.15, 0.2) is 5.96 Å². The van der Waals surface area contributed by atoms with E-state index in [9.17, 15) is 0 Å². The van der Waals surface area contributed by atoms with Gasteiger partial charge in [-0.1, -0.05) is 0 Å². The highest BCUT2D eigenvalue weighted by Gasteiger charge is 2.07. The normalized spacial score (nSPS) is 11.3. The van der Waals surface area contributed by atoms with Gasteiger partial charge in [0.1, 0.15) is 0 Å². The summed E-state index contributed by atoms with van der Waals surface area (Å²) in [6.45, 7) is 12.5. The molecule has 0 unspecified atom stereocenters. The molecule has 8 heteroatoms. The maximum atomic E-state index is 4.66. The number of nitrogens with zero attached hydrogens (tertiary/aromatic N) is 3. The second-order valence-corrected chi connectivity index (χ2v) is 7.61. The van der Waals surface area contributed by atoms with Gasteiger partial charge in [0.25, 0.3) is 0 Å². The molecule has 5 nitrogen and oxygen atoms in total. The average Bonchev–Trinajstić information content (AvgIpc) is 2.94. The van der Waals surface area contributed by atoms with Crippen molar-refractivity contribution < 1.29 is 0 Å². The average molecular weight is 465 g/mol. The molecule has 2 N–H and O–H groups in total. The Hall–Kier alpha value is -0.740. The van der Waals surface area contributed by atoms with E-state index in [2.05, 4.69) is 32.5 Å². The summed E-state index contributed by atoms with van der Waals surface area (Å²) in [4.78, 5) is 16.0. The minimum absolute atomic E-state index is 0. The van der Waals surface area contributed by atoms with Crippen molar-refractivity contribution in [1.29, 1.82) is 0 Å². The standard InChI is InChI=1S/C15H23N5S2.HI/c1-6-16-15(17-7-13-9(2)19-11(4)21-13)18-8-14-10(3)20-12(5)22-14;/h6-8H2,1-5H3,(H2,16,17,18);1H. The van der Waals surface area contributed by atoms with Gasteiger partial charge in [-0.25, -0.2) is 15.0 Å². The van der Waals surface area contributed by atoms with E-state index >= 15 is 0 Å². The summed E-state index contributed by atoms with van der Waals surface area (Å²) in [6, 6.07) is 0. The summed E-state index contributed by atoms with van der Waals surface area (Å²) in [5, 5.41) is 8.86. The summed E-state index contributed by atoms with van der Waals surface area (Å²) in [5.74, 6) is 0.832. The van der Waals surface area contributed by atoms with Crippen LogP contribution in [0.25, 0.3) is 0 Å². The molecule has 0 atom stereocenters. The van der Waals surface area contributed by atoms with Crippen molar-refractivity contribution in [1.82, 2.24) is 20.6 Å². The van der Waals surface area contributed by atoms with Gasteiger partial charge in [-0.2, -0.15) is 0 Å². The van der Waals surface area contributed by atoms with Crippen LogP contribution in [0.1, 0.15) is 38.1 Å². The first-order chi connectivity index (χ1) is 10.5. The Kier molecular flexibility index (Phi) is 8.41. The molecular formula is C15H24IN5S2. The monoisotopic (exact) mass is 465 g/mol. The van der Waals surface area contributed by atoms with Crippen molar-refractivity contribution in [2.24, 2.45) is 4.99 Å². The topological polar surface area (TPSA) is 62.2 Å². The molecule has 0 aliphatic heterocycles. The summed E-state index contributed by atoms with van der Waals surface area (Å²) >= 11 is 3.44. The minimum Gasteiger partial charge on any atom is -0.357 e. The van der Waals surface area contributed by atoms with Gasteiger partial charge >= 0.3 is 0 Å². The Bertz CT molecular complexity index is 663. The zero-order chi connectivity index (χ0) is 16.1. The number of aromatic nitrogens is 2. The number of nitrogens with one attached hydrogen (secondary N) is 2. The predicted molar refractivity (Wildman–Crippen MR) is 110 cm³/mol. The predicted octanol–water partition coefficient (Wildman–Crippen LogP) is 3.71. The van der Waals surface area contributed by atoms with Crippen LogP contribution in [-0.2, 0) is 13.1 Å². The maximum Gasteiger partial charge on any atom is 0.191 e. The maximum absolute atomic E-state index is 4.66. The fourth-order valence-corrected chi connectivity index (χ4v) is 3.85. The molecule has 2 rings (SSSR count). The first-order valence-corrected chi connectivity index (χ1v) is 9.01. The molecule has 23 heavy (non-hydrogen) atoms. The van der Waals surface area contributed by atoms with Gasteiger partial charge < -0.3 is 10.6 Å². The highest BCUT2D eigenvalue weighted by Crippen LogP contribution is 2.18. The fourth-order valence-electron chi connectivity index (χ4n) is 2.11. The van der Waals surface area contributed by atoms with E-state index in [4.69, 9.17) is 0 Å². The SMILES string of the molecule is CCNC(=NCc1sc(C)nc1C)NCc1sc(C)nc1C.I. The van der Waals surface area contributed by atoms with Crippen LogP contribution in [0.4, 0.5) is 0 Å². The second kappa shape index (κ2) is 9.53. The number of thiazole rings is 2. The largest absolute Gasteiger partial charge is 0.357 e. The second-order valence-electron chi connectivity index (χ2n) is 5.03. The van der Waals surface area contributed by atoms with E-state index in [0.29, 0.717) is 6.54 Å². The van der Waals surface area contributed by atoms with Gasteiger partial charge in [0.2, 0.25) is 0 Å². The van der Waals surface area contributed by atoms with E-state index in [-0.39, 0.29) is 24.0 Å². The van der Waals surface area contributed by atoms with Crippen LogP contribution in [0.15, 0.2) is 4.99 Å². The minimum atomic E-state index is 0. The Balaban J connectivity index is 0.00000264. The molecule has 2 heterocycles. The Morgan fingerprint density at radius 2 is 1.52 bits per heavy atom. The lowest BCUT2D eigenvalue weighted by atomic mass is 10.4. The van der Waals surface area contributed by atoms with E-state index in [0.717, 1.165) is 40.5 Å². The lowest BCUT2D eigenvalue weighted by molar-refractivity contribution is 0.819. The Labute approximate surface area is 163 Å². The zero-order valence-corrected chi connectivity index (χ0v) is 18.2. The summed E-state index contributed by atoms with van der Waals surface area (Å²) in [5.41, 5.74) is 2.18. The highest BCUT2D eigenvalue weighted by atomic mass is 127. The fraction of sp³-hybridized carbons (Fsp3) is 0.533. The van der Waals surface area contributed by atoms with E-state index in [1.807, 2.05) is 27.7 Å². The van der Waals surface area contributed by atoms with Crippen molar-refractivity contribution >= 4 is 52.6 Å². The number of guanidine groups is 1. The number of aliphatic imine (C=N–C) groups is 1. The molecule has 0 bridgehead atoms. The smallest absolute Gasteiger partial charge is 0.191 e. The molecule has 0 spiro atoms. The molecule has 2 aromatic heterocycles. The van der Waals surface area contributed by atoms with Crippen molar-refractivity contribution in [3.8, 4) is 0 Å².